The van der Waals surface area contributed by atoms with Crippen LogP contribution >= 0.6 is 0 Å². The number of aliphatic hydroxyl groups excluding tert-OH is 1. The predicted octanol–water partition coefficient (Wildman–Crippen LogP) is 2.15. The maximum Gasteiger partial charge on any atom is 0.416 e. The van der Waals surface area contributed by atoms with Gasteiger partial charge in [-0.15, -0.1) is 0 Å². The molecule has 150 valence electrons. The summed E-state index contributed by atoms with van der Waals surface area (Å²) in [5.74, 6) is 0.125. The predicted molar refractivity (Wildman–Crippen MR) is 95.7 cm³/mol. The van der Waals surface area contributed by atoms with Crippen LogP contribution in [-0.4, -0.2) is 68.7 Å². The van der Waals surface area contributed by atoms with E-state index in [-0.39, 0.29) is 12.4 Å². The van der Waals surface area contributed by atoms with Crippen LogP contribution in [0.3, 0.4) is 0 Å². The second-order valence-corrected chi connectivity index (χ2v) is 6.81. The van der Waals surface area contributed by atoms with Crippen LogP contribution in [0.2, 0.25) is 0 Å². The quantitative estimate of drug-likeness (QED) is 0.785. The minimum Gasteiger partial charge on any atom is -0.491 e. The number of β-amino-alcohol motifs (C(OH)–C–C–N with tert-alkyl or cyclic N) is 1. The summed E-state index contributed by atoms with van der Waals surface area (Å²) in [5, 5.41) is 13.3. The second kappa shape index (κ2) is 9.05. The molecular weight excluding hydrogens is 361 g/mol. The number of hydrogen-bond donors (Lipinski definition) is 2. The molecule has 3 rings (SSSR count). The van der Waals surface area contributed by atoms with Crippen LogP contribution in [0.15, 0.2) is 24.3 Å². The first-order valence-electron chi connectivity index (χ1n) is 9.15. The summed E-state index contributed by atoms with van der Waals surface area (Å²) in [4.78, 5) is 2.05. The fourth-order valence-electron chi connectivity index (χ4n) is 3.24. The van der Waals surface area contributed by atoms with Crippen molar-refractivity contribution < 1.29 is 27.8 Å². The molecule has 27 heavy (non-hydrogen) atoms. The van der Waals surface area contributed by atoms with E-state index in [1.807, 2.05) is 6.08 Å². The topological polar surface area (TPSA) is 54.0 Å². The Morgan fingerprint density at radius 1 is 1.22 bits per heavy atom. The van der Waals surface area contributed by atoms with E-state index in [1.54, 1.807) is 6.07 Å². The van der Waals surface area contributed by atoms with Crippen molar-refractivity contribution in [1.29, 1.82) is 0 Å². The Morgan fingerprint density at radius 3 is 2.67 bits per heavy atom. The van der Waals surface area contributed by atoms with Crippen molar-refractivity contribution in [2.45, 2.75) is 18.7 Å². The number of hydrogen-bond acceptors (Lipinski definition) is 5. The minimum absolute atomic E-state index is 0.0568. The Hall–Kier alpha value is -1.61. The number of aliphatic hydroxyl groups is 1. The molecular formula is C19H25F3N2O3. The highest BCUT2D eigenvalue weighted by Gasteiger charge is 2.32. The first kappa shape index (κ1) is 20.1. The molecule has 0 amide bonds. The van der Waals surface area contributed by atoms with Crippen LogP contribution in [0.5, 0.6) is 5.75 Å². The molecule has 0 radical (unpaired) electrons. The maximum absolute atomic E-state index is 13.3. The third-order valence-corrected chi connectivity index (χ3v) is 4.68. The van der Waals surface area contributed by atoms with Crippen LogP contribution in [0.1, 0.15) is 17.5 Å². The highest BCUT2D eigenvalue weighted by molar-refractivity contribution is 5.68. The van der Waals surface area contributed by atoms with Crippen LogP contribution in [-0.2, 0) is 10.9 Å². The fraction of sp³-hybridized carbons (Fsp3) is 0.579. The van der Waals surface area contributed by atoms with E-state index >= 15 is 0 Å². The van der Waals surface area contributed by atoms with Crippen molar-refractivity contribution in [2.75, 3.05) is 52.5 Å². The lowest BCUT2D eigenvalue weighted by Crippen LogP contribution is -2.42. The van der Waals surface area contributed by atoms with E-state index in [0.717, 1.165) is 37.3 Å². The standard InChI is InChI=1S/C19H25F3N2O3/c20-19(21,22)16-9-15(14-1-3-23-4-2-14)10-18(11-16)27-13-17(25)12-24-5-7-26-8-6-24/h1,9-11,17,23,25H,2-8,12-13H2. The van der Waals surface area contributed by atoms with Crippen LogP contribution in [0.4, 0.5) is 13.2 Å². The second-order valence-electron chi connectivity index (χ2n) is 6.81. The molecule has 5 nitrogen and oxygen atoms in total. The molecule has 0 saturated carbocycles. The highest BCUT2D eigenvalue weighted by Crippen LogP contribution is 2.35. The van der Waals surface area contributed by atoms with Crippen molar-refractivity contribution in [3.8, 4) is 5.75 Å². The number of morpholine rings is 1. The summed E-state index contributed by atoms with van der Waals surface area (Å²) < 4.78 is 50.6. The lowest BCUT2D eigenvalue weighted by atomic mass is 9.98. The van der Waals surface area contributed by atoms with Gasteiger partial charge in [-0.1, -0.05) is 6.08 Å². The summed E-state index contributed by atoms with van der Waals surface area (Å²) in [6.45, 7) is 4.42. The Bertz CT molecular complexity index is 658. The van der Waals surface area contributed by atoms with Gasteiger partial charge in [0, 0.05) is 26.2 Å². The molecule has 1 unspecified atom stereocenters. The molecule has 0 bridgehead atoms. The average Bonchev–Trinajstić information content (AvgIpc) is 2.67. The van der Waals surface area contributed by atoms with E-state index < -0.39 is 17.8 Å². The highest BCUT2D eigenvalue weighted by atomic mass is 19.4. The zero-order valence-electron chi connectivity index (χ0n) is 15.1. The SMILES string of the molecule is OC(COc1cc(C2=CCNCC2)cc(C(F)(F)F)c1)CN1CCOCC1. The normalized spacial score (nSPS) is 20.2. The first-order chi connectivity index (χ1) is 12.9. The number of benzene rings is 1. The Labute approximate surface area is 156 Å². The smallest absolute Gasteiger partial charge is 0.416 e. The lowest BCUT2D eigenvalue weighted by molar-refractivity contribution is -0.137. The maximum atomic E-state index is 13.3. The molecule has 2 heterocycles. The molecule has 1 saturated heterocycles. The van der Waals surface area contributed by atoms with Gasteiger partial charge in [0.15, 0.2) is 0 Å². The molecule has 2 aliphatic rings. The third-order valence-electron chi connectivity index (χ3n) is 4.68. The van der Waals surface area contributed by atoms with Crippen molar-refractivity contribution in [3.05, 3.63) is 35.4 Å². The van der Waals surface area contributed by atoms with Crippen molar-refractivity contribution in [1.82, 2.24) is 10.2 Å². The van der Waals surface area contributed by atoms with E-state index in [2.05, 4.69) is 10.2 Å². The lowest BCUT2D eigenvalue weighted by Gasteiger charge is -2.28. The Morgan fingerprint density at radius 2 is 2.00 bits per heavy atom. The van der Waals surface area contributed by atoms with E-state index in [1.165, 1.54) is 0 Å². The van der Waals surface area contributed by atoms with Gasteiger partial charge in [0.25, 0.3) is 0 Å². The van der Waals surface area contributed by atoms with Gasteiger partial charge in [-0.3, -0.25) is 4.90 Å². The average molecular weight is 386 g/mol. The van der Waals surface area contributed by atoms with Gasteiger partial charge < -0.3 is 19.9 Å². The zero-order chi connectivity index (χ0) is 19.3. The van der Waals surface area contributed by atoms with Crippen molar-refractivity contribution in [2.24, 2.45) is 0 Å². The summed E-state index contributed by atoms with van der Waals surface area (Å²) >= 11 is 0. The van der Waals surface area contributed by atoms with Gasteiger partial charge in [-0.05, 0) is 42.3 Å². The fourth-order valence-corrected chi connectivity index (χ4v) is 3.24. The van der Waals surface area contributed by atoms with Crippen molar-refractivity contribution in [3.63, 3.8) is 0 Å². The number of nitrogens with zero attached hydrogens (tertiary/aromatic N) is 1. The van der Waals surface area contributed by atoms with E-state index in [0.29, 0.717) is 38.3 Å². The monoisotopic (exact) mass is 386 g/mol. The molecule has 2 aliphatic heterocycles. The van der Waals surface area contributed by atoms with Crippen molar-refractivity contribution >= 4 is 5.57 Å². The number of halogens is 3. The van der Waals surface area contributed by atoms with Gasteiger partial charge in [-0.2, -0.15) is 13.2 Å². The largest absolute Gasteiger partial charge is 0.491 e. The number of rotatable bonds is 6. The first-order valence-corrected chi connectivity index (χ1v) is 9.15. The van der Waals surface area contributed by atoms with E-state index in [4.69, 9.17) is 9.47 Å². The molecule has 1 atom stereocenters. The summed E-state index contributed by atoms with van der Waals surface area (Å²) in [5.41, 5.74) is 0.652. The van der Waals surface area contributed by atoms with Gasteiger partial charge in [0.1, 0.15) is 18.5 Å². The van der Waals surface area contributed by atoms with Gasteiger partial charge in [0.2, 0.25) is 0 Å². The van der Waals surface area contributed by atoms with Crippen LogP contribution < -0.4 is 10.1 Å². The number of nitrogens with one attached hydrogen (secondary N) is 1. The molecule has 0 aliphatic carbocycles. The molecule has 1 aromatic rings. The Balaban J connectivity index is 1.68. The zero-order valence-corrected chi connectivity index (χ0v) is 15.1. The summed E-state index contributed by atoms with van der Waals surface area (Å²) in [6, 6.07) is 3.77. The molecule has 0 aromatic heterocycles. The van der Waals surface area contributed by atoms with E-state index in [9.17, 15) is 18.3 Å². The van der Waals surface area contributed by atoms with Gasteiger partial charge in [0.05, 0.1) is 18.8 Å². The van der Waals surface area contributed by atoms with Crippen LogP contribution in [0, 0.1) is 0 Å². The van der Waals surface area contributed by atoms with Gasteiger partial charge >= 0.3 is 6.18 Å². The molecule has 1 fully saturated rings. The summed E-state index contributed by atoms with van der Waals surface area (Å²) in [7, 11) is 0. The van der Waals surface area contributed by atoms with Gasteiger partial charge in [-0.25, -0.2) is 0 Å². The van der Waals surface area contributed by atoms with Crippen LogP contribution in [0.25, 0.3) is 5.57 Å². The molecule has 8 heteroatoms. The number of ether oxygens (including phenoxy) is 2. The molecule has 0 spiro atoms. The molecule has 2 N–H and O–H groups in total. The number of alkyl halides is 3. The third kappa shape index (κ3) is 5.93. The Kier molecular flexibility index (Phi) is 6.75. The molecule has 1 aromatic carbocycles. The minimum atomic E-state index is -4.45. The summed E-state index contributed by atoms with van der Waals surface area (Å²) in [6.07, 6.45) is -2.66.